The van der Waals surface area contributed by atoms with E-state index in [1.165, 1.54) is 4.90 Å². The van der Waals surface area contributed by atoms with Crippen LogP contribution in [0.1, 0.15) is 98.6 Å². The Hall–Kier alpha value is -4.09. The molecule has 3 fully saturated rings. The van der Waals surface area contributed by atoms with E-state index in [-0.39, 0.29) is 65.9 Å². The summed E-state index contributed by atoms with van der Waals surface area (Å²) in [4.78, 5) is 96.5. The van der Waals surface area contributed by atoms with Crippen LogP contribution in [0.15, 0.2) is 30.3 Å². The normalized spacial score (nSPS) is 22.2. The highest BCUT2D eigenvalue weighted by atomic mass is 16.6. The van der Waals surface area contributed by atoms with Crippen molar-refractivity contribution in [2.45, 2.75) is 111 Å². The molecule has 0 bridgehead atoms. The number of likely N-dealkylation sites (tertiary alicyclic amines) is 1. The van der Waals surface area contributed by atoms with Crippen molar-refractivity contribution in [2.24, 2.45) is 35.0 Å². The van der Waals surface area contributed by atoms with Crippen molar-refractivity contribution in [3.05, 3.63) is 35.9 Å². The number of hydrogen-bond donors (Lipinski definition) is 2. The zero-order valence-electron chi connectivity index (χ0n) is 31.6. The van der Waals surface area contributed by atoms with Gasteiger partial charge in [-0.25, -0.2) is 4.79 Å². The third-order valence-corrected chi connectivity index (χ3v) is 10.5. The summed E-state index contributed by atoms with van der Waals surface area (Å²) in [6, 6.07) is 6.14. The summed E-state index contributed by atoms with van der Waals surface area (Å²) in [6.45, 7) is 13.3. The molecular weight excluding hydrogens is 652 g/mol. The molecule has 1 aromatic rings. The molecule has 0 spiro atoms. The fraction of sp³-hybridized carbons (Fsp3) is 0.667. The van der Waals surface area contributed by atoms with E-state index in [1.807, 2.05) is 13.8 Å². The number of nitrogens with one attached hydrogen (secondary N) is 2. The van der Waals surface area contributed by atoms with E-state index in [4.69, 9.17) is 4.74 Å². The Bertz CT molecular complexity index is 1510. The number of ketones is 3. The Morgan fingerprint density at radius 2 is 1.59 bits per heavy atom. The summed E-state index contributed by atoms with van der Waals surface area (Å²) < 4.78 is 5.41. The highest BCUT2D eigenvalue weighted by molar-refractivity contribution is 6.38. The third-order valence-electron chi connectivity index (χ3n) is 10.5. The minimum Gasteiger partial charge on any atom is -0.444 e. The second-order valence-electron chi connectivity index (χ2n) is 16.7. The fourth-order valence-electron chi connectivity index (χ4n) is 7.41. The minimum absolute atomic E-state index is 0.0956. The van der Waals surface area contributed by atoms with E-state index in [0.29, 0.717) is 18.5 Å². The number of hydrogen-bond acceptors (Lipinski definition) is 8. The maximum absolute atomic E-state index is 14.2. The lowest BCUT2D eigenvalue weighted by Crippen LogP contribution is -2.56. The van der Waals surface area contributed by atoms with Crippen molar-refractivity contribution >= 4 is 41.2 Å². The first-order valence-corrected chi connectivity index (χ1v) is 18.2. The van der Waals surface area contributed by atoms with Crippen LogP contribution in [0.25, 0.3) is 0 Å². The van der Waals surface area contributed by atoms with Gasteiger partial charge in [0.2, 0.25) is 23.5 Å². The molecule has 1 heterocycles. The van der Waals surface area contributed by atoms with Crippen molar-refractivity contribution in [3.63, 3.8) is 0 Å². The Morgan fingerprint density at radius 1 is 0.961 bits per heavy atom. The Kier molecular flexibility index (Phi) is 12.2. The number of piperidine rings is 1. The number of carbonyl (C=O) groups excluding carboxylic acids is 7. The molecule has 1 aliphatic heterocycles. The maximum atomic E-state index is 14.2. The first-order valence-electron chi connectivity index (χ1n) is 18.2. The lowest BCUT2D eigenvalue weighted by atomic mass is 9.85. The van der Waals surface area contributed by atoms with E-state index >= 15 is 0 Å². The number of likely N-dealkylation sites (N-methyl/N-ethyl adjacent to an activating group) is 1. The molecule has 12 nitrogen and oxygen atoms in total. The molecule has 1 aromatic carbocycles. The van der Waals surface area contributed by atoms with Gasteiger partial charge in [0.15, 0.2) is 11.6 Å². The molecule has 1 saturated heterocycles. The topological polar surface area (TPSA) is 159 Å². The van der Waals surface area contributed by atoms with Gasteiger partial charge in [0.1, 0.15) is 17.7 Å². The van der Waals surface area contributed by atoms with Crippen LogP contribution in [0, 0.1) is 35.0 Å². The zero-order chi connectivity index (χ0) is 38.0. The molecule has 1 unspecified atom stereocenters. The van der Waals surface area contributed by atoms with Gasteiger partial charge in [-0.3, -0.25) is 28.8 Å². The highest BCUT2D eigenvalue weighted by Gasteiger charge is 2.69. The zero-order valence-corrected chi connectivity index (χ0v) is 31.6. The second-order valence-corrected chi connectivity index (χ2v) is 16.7. The number of carbonyl (C=O) groups is 7. The number of Topliss-reactive ketones (excluding diaryl/α,β-unsaturated/α-hetero) is 3. The lowest BCUT2D eigenvalue weighted by molar-refractivity contribution is -0.144. The van der Waals surface area contributed by atoms with Crippen molar-refractivity contribution in [1.82, 2.24) is 20.4 Å². The Morgan fingerprint density at radius 3 is 2.14 bits per heavy atom. The van der Waals surface area contributed by atoms with E-state index in [0.717, 1.165) is 12.8 Å². The molecule has 280 valence electrons. The van der Waals surface area contributed by atoms with Crippen molar-refractivity contribution < 1.29 is 38.3 Å². The lowest BCUT2D eigenvalue weighted by Gasteiger charge is -2.35. The van der Waals surface area contributed by atoms with Gasteiger partial charge in [-0.15, -0.1) is 0 Å². The molecule has 2 aliphatic carbocycles. The van der Waals surface area contributed by atoms with Crippen molar-refractivity contribution in [3.8, 4) is 0 Å². The summed E-state index contributed by atoms with van der Waals surface area (Å²) in [7, 11) is 3.17. The maximum Gasteiger partial charge on any atom is 0.408 e. The van der Waals surface area contributed by atoms with Gasteiger partial charge in [-0.05, 0) is 61.8 Å². The average Bonchev–Trinajstić information content (AvgIpc) is 3.90. The molecule has 12 heteroatoms. The monoisotopic (exact) mass is 708 g/mol. The molecule has 0 aromatic heterocycles. The van der Waals surface area contributed by atoms with Gasteiger partial charge < -0.3 is 25.2 Å². The number of rotatable bonds is 16. The molecule has 3 aliphatic rings. The van der Waals surface area contributed by atoms with Crippen LogP contribution in [0.2, 0.25) is 0 Å². The molecular formula is C39H56N4O8. The predicted molar refractivity (Wildman–Crippen MR) is 190 cm³/mol. The number of alkyl carbamates (subject to hydrolysis) is 1. The van der Waals surface area contributed by atoms with Gasteiger partial charge in [0.25, 0.3) is 0 Å². The van der Waals surface area contributed by atoms with Gasteiger partial charge in [-0.1, -0.05) is 70.9 Å². The Balaban J connectivity index is 1.44. The molecule has 4 rings (SSSR count). The van der Waals surface area contributed by atoms with E-state index in [2.05, 4.69) is 24.5 Å². The van der Waals surface area contributed by atoms with Gasteiger partial charge in [0.05, 0.1) is 6.04 Å². The smallest absolute Gasteiger partial charge is 0.408 e. The van der Waals surface area contributed by atoms with Crippen LogP contribution in [0.5, 0.6) is 0 Å². The van der Waals surface area contributed by atoms with Gasteiger partial charge >= 0.3 is 6.09 Å². The van der Waals surface area contributed by atoms with E-state index in [9.17, 15) is 33.6 Å². The number of ether oxygens (including phenoxy) is 1. The van der Waals surface area contributed by atoms with Crippen LogP contribution in [-0.2, 0) is 33.5 Å². The standard InChI is InChI=1S/C39H56N4O8/c1-22(2)31(41-37(50)51-38(3,4)5)36(49)43-21-26-30(39(26,6)7)33(43)28(45)20-25(19-23-15-16-23)34(47)27(44)17-18-29(46)40-32(35(48)42(8)9)24-13-11-10-12-14-24/h10-14,22-23,25-26,30-33H,15-21H2,1-9H3,(H,40,46)(H,41,50)/t25?,26-,30-,31-,32-,33+/m0/s1. The number of benzene rings is 1. The van der Waals surface area contributed by atoms with Crippen molar-refractivity contribution in [2.75, 3.05) is 20.6 Å². The highest BCUT2D eigenvalue weighted by Crippen LogP contribution is 2.65. The second kappa shape index (κ2) is 15.7. The molecule has 4 amide bonds. The first kappa shape index (κ1) is 39.7. The molecule has 6 atom stereocenters. The quantitative estimate of drug-likeness (QED) is 0.241. The Labute approximate surface area is 301 Å². The summed E-state index contributed by atoms with van der Waals surface area (Å²) in [6.07, 6.45) is 0.673. The fourth-order valence-corrected chi connectivity index (χ4v) is 7.41. The summed E-state index contributed by atoms with van der Waals surface area (Å²) >= 11 is 0. The minimum atomic E-state index is -0.943. The molecule has 2 N–H and O–H groups in total. The van der Waals surface area contributed by atoms with Crippen LogP contribution in [0.3, 0.4) is 0 Å². The van der Waals surface area contributed by atoms with Crippen LogP contribution in [0.4, 0.5) is 4.79 Å². The van der Waals surface area contributed by atoms with Crippen LogP contribution in [-0.4, -0.2) is 89.3 Å². The summed E-state index contributed by atoms with van der Waals surface area (Å²) in [5.74, 6) is -3.82. The average molecular weight is 709 g/mol. The summed E-state index contributed by atoms with van der Waals surface area (Å²) in [5.41, 5.74) is -0.337. The molecule has 51 heavy (non-hydrogen) atoms. The van der Waals surface area contributed by atoms with Crippen LogP contribution >= 0.6 is 0 Å². The number of fused-ring (bicyclic) bond motifs is 1. The van der Waals surface area contributed by atoms with E-state index < -0.39 is 53.2 Å². The largest absolute Gasteiger partial charge is 0.444 e. The number of nitrogens with zero attached hydrogens (tertiary/aromatic N) is 2. The van der Waals surface area contributed by atoms with Gasteiger partial charge in [0, 0.05) is 45.8 Å². The first-order chi connectivity index (χ1) is 23.7. The SMILES string of the molecule is CC(C)[C@H](NC(=O)OC(C)(C)C)C(=O)N1C[C@H]2[C@@H]([C@H]1C(=O)CC(CC1CC1)C(=O)C(=O)CCC(=O)N[C@H](C(=O)N(C)C)c1ccccc1)C2(C)C. The number of amides is 4. The summed E-state index contributed by atoms with van der Waals surface area (Å²) in [5, 5.41) is 5.41. The van der Waals surface area contributed by atoms with Gasteiger partial charge in [-0.2, -0.15) is 0 Å². The van der Waals surface area contributed by atoms with Crippen molar-refractivity contribution in [1.29, 1.82) is 0 Å². The predicted octanol–water partition coefficient (Wildman–Crippen LogP) is 4.26. The molecule has 2 saturated carbocycles. The third kappa shape index (κ3) is 9.83. The van der Waals surface area contributed by atoms with Crippen LogP contribution < -0.4 is 10.6 Å². The van der Waals surface area contributed by atoms with E-state index in [1.54, 1.807) is 70.1 Å². The molecule has 0 radical (unpaired) electrons.